The van der Waals surface area contributed by atoms with Crippen molar-refractivity contribution >= 4 is 5.91 Å². The second-order valence-corrected chi connectivity index (χ2v) is 6.06. The smallest absolute Gasteiger partial charge is 0.237 e. The predicted octanol–water partition coefficient (Wildman–Crippen LogP) is 2.50. The van der Waals surface area contributed by atoms with Gasteiger partial charge in [-0.2, -0.15) is 0 Å². The highest BCUT2D eigenvalue weighted by Gasteiger charge is 2.22. The van der Waals surface area contributed by atoms with Crippen molar-refractivity contribution in [1.82, 2.24) is 5.32 Å². The zero-order chi connectivity index (χ0) is 14.4. The predicted molar refractivity (Wildman–Crippen MR) is 82.3 cm³/mol. The van der Waals surface area contributed by atoms with E-state index >= 15 is 0 Å². The third-order valence-electron chi connectivity index (χ3n) is 4.46. The zero-order valence-corrected chi connectivity index (χ0v) is 12.3. The maximum Gasteiger partial charge on any atom is 0.237 e. The summed E-state index contributed by atoms with van der Waals surface area (Å²) in [7, 11) is 0. The van der Waals surface area contributed by atoms with Crippen LogP contribution in [0.5, 0.6) is 0 Å². The lowest BCUT2D eigenvalue weighted by atomic mass is 9.80. The molecule has 1 aliphatic carbocycles. The quantitative estimate of drug-likeness (QED) is 0.866. The zero-order valence-electron chi connectivity index (χ0n) is 12.3. The monoisotopic (exact) mass is 274 g/mol. The SMILES string of the molecule is CC1CCCCC1CNC(=O)C(N)Cc1ccccc1. The van der Waals surface area contributed by atoms with E-state index in [1.165, 1.54) is 25.7 Å². The number of rotatable bonds is 5. The number of hydrogen-bond donors (Lipinski definition) is 2. The first-order valence-electron chi connectivity index (χ1n) is 7.74. The van der Waals surface area contributed by atoms with Crippen molar-refractivity contribution < 1.29 is 4.79 Å². The van der Waals surface area contributed by atoms with Crippen molar-refractivity contribution in [3.8, 4) is 0 Å². The van der Waals surface area contributed by atoms with Gasteiger partial charge in [-0.25, -0.2) is 0 Å². The molecule has 0 aromatic heterocycles. The number of benzene rings is 1. The molecular weight excluding hydrogens is 248 g/mol. The molecule has 0 radical (unpaired) electrons. The van der Waals surface area contributed by atoms with E-state index in [4.69, 9.17) is 5.73 Å². The van der Waals surface area contributed by atoms with E-state index in [1.54, 1.807) is 0 Å². The average molecular weight is 274 g/mol. The van der Waals surface area contributed by atoms with Crippen LogP contribution < -0.4 is 11.1 Å². The van der Waals surface area contributed by atoms with E-state index in [0.29, 0.717) is 12.3 Å². The van der Waals surface area contributed by atoms with Gasteiger partial charge in [0.1, 0.15) is 0 Å². The number of amides is 1. The molecule has 0 saturated heterocycles. The number of nitrogens with two attached hydrogens (primary N) is 1. The Morgan fingerprint density at radius 1 is 1.30 bits per heavy atom. The topological polar surface area (TPSA) is 55.1 Å². The van der Waals surface area contributed by atoms with Gasteiger partial charge in [-0.05, 0) is 30.2 Å². The van der Waals surface area contributed by atoms with Crippen LogP contribution in [0.2, 0.25) is 0 Å². The largest absolute Gasteiger partial charge is 0.354 e. The highest BCUT2D eigenvalue weighted by atomic mass is 16.2. The molecule has 3 atom stereocenters. The minimum atomic E-state index is -0.448. The molecule has 20 heavy (non-hydrogen) atoms. The summed E-state index contributed by atoms with van der Waals surface area (Å²) in [4.78, 5) is 12.1. The van der Waals surface area contributed by atoms with Crippen LogP contribution in [-0.2, 0) is 11.2 Å². The number of hydrogen-bond acceptors (Lipinski definition) is 2. The van der Waals surface area contributed by atoms with Gasteiger partial charge in [0.15, 0.2) is 0 Å². The number of carbonyl (C=O) groups is 1. The Kier molecular flexibility index (Phi) is 5.60. The van der Waals surface area contributed by atoms with Crippen molar-refractivity contribution in [3.63, 3.8) is 0 Å². The minimum absolute atomic E-state index is 0.0216. The third kappa shape index (κ3) is 4.34. The van der Waals surface area contributed by atoms with Gasteiger partial charge in [0.25, 0.3) is 0 Å². The van der Waals surface area contributed by atoms with Crippen molar-refractivity contribution in [3.05, 3.63) is 35.9 Å². The Bertz CT molecular complexity index is 418. The normalized spacial score (nSPS) is 24.1. The molecule has 1 amide bonds. The molecule has 0 heterocycles. The fourth-order valence-electron chi connectivity index (χ4n) is 3.02. The molecule has 1 aromatic rings. The summed E-state index contributed by atoms with van der Waals surface area (Å²) < 4.78 is 0. The van der Waals surface area contributed by atoms with E-state index < -0.39 is 6.04 Å². The van der Waals surface area contributed by atoms with Crippen LogP contribution in [0, 0.1) is 11.8 Å². The summed E-state index contributed by atoms with van der Waals surface area (Å²) in [6, 6.07) is 9.50. The molecule has 1 saturated carbocycles. The first kappa shape index (κ1) is 15.0. The van der Waals surface area contributed by atoms with Gasteiger partial charge in [-0.1, -0.05) is 56.5 Å². The summed E-state index contributed by atoms with van der Waals surface area (Å²) in [5.74, 6) is 1.32. The van der Waals surface area contributed by atoms with Gasteiger partial charge in [0.05, 0.1) is 6.04 Å². The maximum absolute atomic E-state index is 12.1. The maximum atomic E-state index is 12.1. The lowest BCUT2D eigenvalue weighted by Gasteiger charge is -2.29. The second-order valence-electron chi connectivity index (χ2n) is 6.06. The summed E-state index contributed by atoms with van der Waals surface area (Å²) in [6.07, 6.45) is 5.75. The number of nitrogens with one attached hydrogen (secondary N) is 1. The van der Waals surface area contributed by atoms with E-state index in [-0.39, 0.29) is 5.91 Å². The lowest BCUT2D eigenvalue weighted by molar-refractivity contribution is -0.122. The summed E-state index contributed by atoms with van der Waals surface area (Å²) >= 11 is 0. The number of carbonyl (C=O) groups excluding carboxylic acids is 1. The average Bonchev–Trinajstić information content (AvgIpc) is 2.47. The first-order valence-corrected chi connectivity index (χ1v) is 7.74. The summed E-state index contributed by atoms with van der Waals surface area (Å²) in [6.45, 7) is 3.07. The van der Waals surface area contributed by atoms with Crippen LogP contribution in [0.25, 0.3) is 0 Å². The van der Waals surface area contributed by atoms with Gasteiger partial charge < -0.3 is 11.1 Å². The summed E-state index contributed by atoms with van der Waals surface area (Å²) in [5, 5.41) is 3.04. The molecule has 3 N–H and O–H groups in total. The molecule has 1 aliphatic rings. The van der Waals surface area contributed by atoms with Crippen molar-refractivity contribution in [2.24, 2.45) is 17.6 Å². The Morgan fingerprint density at radius 3 is 2.70 bits per heavy atom. The van der Waals surface area contributed by atoms with E-state index in [1.807, 2.05) is 30.3 Å². The molecule has 3 nitrogen and oxygen atoms in total. The van der Waals surface area contributed by atoms with E-state index in [9.17, 15) is 4.79 Å². The summed E-state index contributed by atoms with van der Waals surface area (Å²) in [5.41, 5.74) is 7.10. The Hall–Kier alpha value is -1.35. The highest BCUT2D eigenvalue weighted by Crippen LogP contribution is 2.28. The Labute approximate surface area is 121 Å². The van der Waals surface area contributed by atoms with Crippen LogP contribution in [0.3, 0.4) is 0 Å². The molecule has 110 valence electrons. The van der Waals surface area contributed by atoms with Crippen LogP contribution in [0.15, 0.2) is 30.3 Å². The van der Waals surface area contributed by atoms with Crippen molar-refractivity contribution in [2.45, 2.75) is 45.1 Å². The molecule has 0 bridgehead atoms. The molecule has 2 rings (SSSR count). The van der Waals surface area contributed by atoms with Crippen LogP contribution in [0.1, 0.15) is 38.2 Å². The molecule has 1 fully saturated rings. The van der Waals surface area contributed by atoms with Gasteiger partial charge in [-0.15, -0.1) is 0 Å². The van der Waals surface area contributed by atoms with Crippen molar-refractivity contribution in [1.29, 1.82) is 0 Å². The molecule has 3 unspecified atom stereocenters. The molecule has 0 spiro atoms. The fourth-order valence-corrected chi connectivity index (χ4v) is 3.02. The molecule has 3 heteroatoms. The van der Waals surface area contributed by atoms with E-state index in [2.05, 4.69) is 12.2 Å². The van der Waals surface area contributed by atoms with E-state index in [0.717, 1.165) is 18.0 Å². The minimum Gasteiger partial charge on any atom is -0.354 e. The fraction of sp³-hybridized carbons (Fsp3) is 0.588. The second kappa shape index (κ2) is 7.44. The van der Waals surface area contributed by atoms with Gasteiger partial charge >= 0.3 is 0 Å². The molecular formula is C17H26N2O. The van der Waals surface area contributed by atoms with Gasteiger partial charge in [-0.3, -0.25) is 4.79 Å². The first-order chi connectivity index (χ1) is 9.66. The van der Waals surface area contributed by atoms with Crippen LogP contribution in [0.4, 0.5) is 0 Å². The molecule has 0 aliphatic heterocycles. The lowest BCUT2D eigenvalue weighted by Crippen LogP contribution is -2.44. The highest BCUT2D eigenvalue weighted by molar-refractivity contribution is 5.81. The van der Waals surface area contributed by atoms with Crippen molar-refractivity contribution in [2.75, 3.05) is 6.54 Å². The Balaban J connectivity index is 1.76. The van der Waals surface area contributed by atoms with Crippen LogP contribution in [-0.4, -0.2) is 18.5 Å². The van der Waals surface area contributed by atoms with Gasteiger partial charge in [0, 0.05) is 6.54 Å². The Morgan fingerprint density at radius 2 is 2.00 bits per heavy atom. The van der Waals surface area contributed by atoms with Gasteiger partial charge in [0.2, 0.25) is 5.91 Å². The standard InChI is InChI=1S/C17H26N2O/c1-13-7-5-6-10-15(13)12-19-17(20)16(18)11-14-8-3-2-4-9-14/h2-4,8-9,13,15-16H,5-7,10-12,18H2,1H3,(H,19,20). The third-order valence-corrected chi connectivity index (χ3v) is 4.46. The molecule has 1 aromatic carbocycles. The van der Waals surface area contributed by atoms with Crippen LogP contribution >= 0.6 is 0 Å².